The minimum atomic E-state index is -4.66. The largest absolute Gasteiger partial charge is 0.573 e. The lowest BCUT2D eigenvalue weighted by Crippen LogP contribution is -2.18. The maximum absolute atomic E-state index is 12.0. The second kappa shape index (κ2) is 6.58. The maximum atomic E-state index is 12.0. The molecule has 0 bridgehead atoms. The van der Waals surface area contributed by atoms with Crippen LogP contribution in [0.25, 0.3) is 0 Å². The zero-order chi connectivity index (χ0) is 15.3. The standard InChI is InChI=1S/C15H15F3N2O/c1-11(13-3-2-8-19-10-13)20-9-12-4-6-14(7-5-12)21-15(16,17)18/h2-8,10-11,20H,9H2,1H3/t11-/m0/s1. The predicted molar refractivity (Wildman–Crippen MR) is 72.6 cm³/mol. The summed E-state index contributed by atoms with van der Waals surface area (Å²) >= 11 is 0. The van der Waals surface area contributed by atoms with E-state index < -0.39 is 6.36 Å². The first kappa shape index (κ1) is 15.3. The normalized spacial score (nSPS) is 13.0. The van der Waals surface area contributed by atoms with Gasteiger partial charge in [0.1, 0.15) is 5.75 Å². The van der Waals surface area contributed by atoms with Crippen LogP contribution in [-0.2, 0) is 6.54 Å². The van der Waals surface area contributed by atoms with Gasteiger partial charge in [0.25, 0.3) is 0 Å². The fourth-order valence-corrected chi connectivity index (χ4v) is 1.83. The molecule has 1 atom stereocenters. The molecule has 2 rings (SSSR count). The molecule has 1 aromatic carbocycles. The number of nitrogens with one attached hydrogen (secondary N) is 1. The van der Waals surface area contributed by atoms with Gasteiger partial charge in [-0.3, -0.25) is 4.98 Å². The van der Waals surface area contributed by atoms with Crippen molar-refractivity contribution < 1.29 is 17.9 Å². The molecule has 0 amide bonds. The van der Waals surface area contributed by atoms with Gasteiger partial charge in [-0.05, 0) is 36.2 Å². The van der Waals surface area contributed by atoms with E-state index in [1.807, 2.05) is 19.1 Å². The highest BCUT2D eigenvalue weighted by Gasteiger charge is 2.30. The molecule has 21 heavy (non-hydrogen) atoms. The third-order valence-corrected chi connectivity index (χ3v) is 2.95. The van der Waals surface area contributed by atoms with Gasteiger partial charge in [-0.1, -0.05) is 18.2 Å². The second-order valence-electron chi connectivity index (χ2n) is 4.58. The third-order valence-electron chi connectivity index (χ3n) is 2.95. The van der Waals surface area contributed by atoms with Crippen molar-refractivity contribution in [3.05, 3.63) is 59.9 Å². The molecule has 0 fully saturated rings. The highest BCUT2D eigenvalue weighted by molar-refractivity contribution is 5.27. The molecule has 0 radical (unpaired) electrons. The van der Waals surface area contributed by atoms with Gasteiger partial charge in [0.2, 0.25) is 0 Å². The summed E-state index contributed by atoms with van der Waals surface area (Å²) < 4.78 is 40.0. The molecule has 2 aromatic rings. The van der Waals surface area contributed by atoms with E-state index in [-0.39, 0.29) is 11.8 Å². The summed E-state index contributed by atoms with van der Waals surface area (Å²) in [5, 5.41) is 3.28. The van der Waals surface area contributed by atoms with Crippen LogP contribution in [0, 0.1) is 0 Å². The van der Waals surface area contributed by atoms with Gasteiger partial charge in [-0.15, -0.1) is 13.2 Å². The first-order valence-corrected chi connectivity index (χ1v) is 6.42. The average molecular weight is 296 g/mol. The van der Waals surface area contributed by atoms with Crippen LogP contribution in [0.3, 0.4) is 0 Å². The monoisotopic (exact) mass is 296 g/mol. The molecule has 1 heterocycles. The van der Waals surface area contributed by atoms with E-state index in [1.165, 1.54) is 12.1 Å². The van der Waals surface area contributed by atoms with Crippen molar-refractivity contribution in [1.82, 2.24) is 10.3 Å². The molecule has 1 aromatic heterocycles. The van der Waals surface area contributed by atoms with Gasteiger partial charge in [0.15, 0.2) is 0 Å². The summed E-state index contributed by atoms with van der Waals surface area (Å²) in [6, 6.07) is 9.73. The molecule has 0 aliphatic heterocycles. The Labute approximate surface area is 120 Å². The Hall–Kier alpha value is -2.08. The number of halogens is 3. The van der Waals surface area contributed by atoms with E-state index in [0.717, 1.165) is 11.1 Å². The van der Waals surface area contributed by atoms with Crippen LogP contribution in [0.1, 0.15) is 24.1 Å². The minimum Gasteiger partial charge on any atom is -0.406 e. The molecule has 0 saturated carbocycles. The lowest BCUT2D eigenvalue weighted by molar-refractivity contribution is -0.274. The molecular weight excluding hydrogens is 281 g/mol. The van der Waals surface area contributed by atoms with Crippen LogP contribution in [0.4, 0.5) is 13.2 Å². The molecule has 0 aliphatic rings. The number of ether oxygens (including phenoxy) is 1. The third kappa shape index (κ3) is 5.07. The molecule has 3 nitrogen and oxygen atoms in total. The first-order chi connectivity index (χ1) is 9.94. The summed E-state index contributed by atoms with van der Waals surface area (Å²) in [4.78, 5) is 4.04. The van der Waals surface area contributed by atoms with Gasteiger partial charge in [0, 0.05) is 25.0 Å². The topological polar surface area (TPSA) is 34.1 Å². The second-order valence-corrected chi connectivity index (χ2v) is 4.58. The van der Waals surface area contributed by atoms with Gasteiger partial charge in [0.05, 0.1) is 0 Å². The zero-order valence-electron chi connectivity index (χ0n) is 11.4. The van der Waals surface area contributed by atoms with Crippen LogP contribution in [0.2, 0.25) is 0 Å². The highest BCUT2D eigenvalue weighted by atomic mass is 19.4. The SMILES string of the molecule is C[C@H](NCc1ccc(OC(F)(F)F)cc1)c1cccnc1. The minimum absolute atomic E-state index is 0.102. The number of rotatable bonds is 5. The number of hydrogen-bond acceptors (Lipinski definition) is 3. The Bertz CT molecular complexity index is 555. The number of pyridine rings is 1. The number of alkyl halides is 3. The van der Waals surface area contributed by atoms with Crippen LogP contribution in [-0.4, -0.2) is 11.3 Å². The first-order valence-electron chi connectivity index (χ1n) is 6.42. The number of aromatic nitrogens is 1. The van der Waals surface area contributed by atoms with Crippen molar-refractivity contribution in [2.75, 3.05) is 0 Å². The Kier molecular flexibility index (Phi) is 4.80. The Morgan fingerprint density at radius 3 is 2.48 bits per heavy atom. The average Bonchev–Trinajstić information content (AvgIpc) is 2.45. The molecule has 0 unspecified atom stereocenters. The van der Waals surface area contributed by atoms with Crippen LogP contribution < -0.4 is 10.1 Å². The highest BCUT2D eigenvalue weighted by Crippen LogP contribution is 2.22. The smallest absolute Gasteiger partial charge is 0.406 e. The number of benzene rings is 1. The maximum Gasteiger partial charge on any atom is 0.573 e. The Morgan fingerprint density at radius 2 is 1.90 bits per heavy atom. The summed E-state index contributed by atoms with van der Waals surface area (Å²) in [6.07, 6.45) is -1.18. The molecule has 112 valence electrons. The van der Waals surface area contributed by atoms with E-state index >= 15 is 0 Å². The van der Waals surface area contributed by atoms with Gasteiger partial charge >= 0.3 is 6.36 Å². The van der Waals surface area contributed by atoms with E-state index in [9.17, 15) is 13.2 Å². The van der Waals surface area contributed by atoms with Crippen LogP contribution >= 0.6 is 0 Å². The van der Waals surface area contributed by atoms with Crippen LogP contribution in [0.15, 0.2) is 48.8 Å². The lowest BCUT2D eigenvalue weighted by Gasteiger charge is -2.14. The Balaban J connectivity index is 1.89. The van der Waals surface area contributed by atoms with Crippen molar-refractivity contribution in [1.29, 1.82) is 0 Å². The molecule has 6 heteroatoms. The number of hydrogen-bond donors (Lipinski definition) is 1. The van der Waals surface area contributed by atoms with E-state index in [2.05, 4.69) is 15.0 Å². The van der Waals surface area contributed by atoms with E-state index in [0.29, 0.717) is 6.54 Å². The van der Waals surface area contributed by atoms with Gasteiger partial charge in [-0.25, -0.2) is 0 Å². The summed E-state index contributed by atoms with van der Waals surface area (Å²) in [6.45, 7) is 2.54. The number of nitrogens with zero attached hydrogens (tertiary/aromatic N) is 1. The van der Waals surface area contributed by atoms with Gasteiger partial charge in [-0.2, -0.15) is 0 Å². The molecule has 0 spiro atoms. The van der Waals surface area contributed by atoms with Gasteiger partial charge < -0.3 is 10.1 Å². The summed E-state index contributed by atoms with van der Waals surface area (Å²) in [5.41, 5.74) is 1.93. The lowest BCUT2D eigenvalue weighted by atomic mass is 10.1. The fraction of sp³-hybridized carbons (Fsp3) is 0.267. The summed E-state index contributed by atoms with van der Waals surface area (Å²) in [7, 11) is 0. The van der Waals surface area contributed by atoms with Crippen molar-refractivity contribution in [2.45, 2.75) is 25.9 Å². The molecule has 0 saturated heterocycles. The molecule has 1 N–H and O–H groups in total. The predicted octanol–water partition coefficient (Wildman–Crippen LogP) is 3.83. The molecule has 0 aliphatic carbocycles. The fourth-order valence-electron chi connectivity index (χ4n) is 1.83. The van der Waals surface area contributed by atoms with E-state index in [1.54, 1.807) is 24.5 Å². The quantitative estimate of drug-likeness (QED) is 0.910. The van der Waals surface area contributed by atoms with Crippen LogP contribution in [0.5, 0.6) is 5.75 Å². The van der Waals surface area contributed by atoms with Crippen molar-refractivity contribution in [2.24, 2.45) is 0 Å². The zero-order valence-corrected chi connectivity index (χ0v) is 11.4. The van der Waals surface area contributed by atoms with Crippen molar-refractivity contribution >= 4 is 0 Å². The summed E-state index contributed by atoms with van der Waals surface area (Å²) in [5.74, 6) is -0.216. The van der Waals surface area contributed by atoms with Crippen molar-refractivity contribution in [3.8, 4) is 5.75 Å². The Morgan fingerprint density at radius 1 is 1.19 bits per heavy atom. The van der Waals surface area contributed by atoms with E-state index in [4.69, 9.17) is 0 Å². The molecular formula is C15H15F3N2O. The van der Waals surface area contributed by atoms with Crippen molar-refractivity contribution in [3.63, 3.8) is 0 Å².